The summed E-state index contributed by atoms with van der Waals surface area (Å²) in [5.74, 6) is 0.288. The van der Waals surface area contributed by atoms with Crippen molar-refractivity contribution < 1.29 is 19.4 Å². The van der Waals surface area contributed by atoms with Gasteiger partial charge in [-0.2, -0.15) is 0 Å². The van der Waals surface area contributed by atoms with Gasteiger partial charge in [-0.15, -0.1) is 0 Å². The van der Waals surface area contributed by atoms with Crippen LogP contribution in [0.25, 0.3) is 10.9 Å². The Balaban J connectivity index is 1.21. The van der Waals surface area contributed by atoms with E-state index in [2.05, 4.69) is 33.0 Å². The Morgan fingerprint density at radius 1 is 1.08 bits per heavy atom. The zero-order valence-electron chi connectivity index (χ0n) is 22.3. The first kappa shape index (κ1) is 26.2. The second-order valence-electron chi connectivity index (χ2n) is 11.5. The van der Waals surface area contributed by atoms with Crippen molar-refractivity contribution >= 4 is 34.4 Å². The van der Waals surface area contributed by atoms with Gasteiger partial charge in [-0.05, 0) is 87.9 Å². The van der Waals surface area contributed by atoms with Gasteiger partial charge in [0.1, 0.15) is 18.1 Å². The van der Waals surface area contributed by atoms with E-state index < -0.39 is 5.97 Å². The molecule has 6 rings (SSSR count). The van der Waals surface area contributed by atoms with Gasteiger partial charge in [-0.25, -0.2) is 4.79 Å². The number of amides is 1. The normalized spacial score (nSPS) is 22.1. The summed E-state index contributed by atoms with van der Waals surface area (Å²) in [5.41, 5.74) is 2.65. The average molecular weight is 550 g/mol. The highest BCUT2D eigenvalue weighted by molar-refractivity contribution is 6.31. The maximum Gasteiger partial charge on any atom is 0.352 e. The van der Waals surface area contributed by atoms with E-state index in [1.807, 2.05) is 18.2 Å². The van der Waals surface area contributed by atoms with E-state index in [1.54, 1.807) is 6.07 Å². The van der Waals surface area contributed by atoms with Crippen LogP contribution < -0.4 is 4.74 Å². The summed E-state index contributed by atoms with van der Waals surface area (Å²) in [6.45, 7) is 3.39. The smallest absolute Gasteiger partial charge is 0.352 e. The highest BCUT2D eigenvalue weighted by Crippen LogP contribution is 2.42. The van der Waals surface area contributed by atoms with Crippen LogP contribution in [0.1, 0.15) is 66.6 Å². The zero-order chi connectivity index (χ0) is 27.0. The number of halogens is 1. The number of aryl methyl sites for hydroxylation is 1. The topological polar surface area (TPSA) is 85.9 Å². The average Bonchev–Trinajstić information content (AvgIpc) is 3.55. The highest BCUT2D eigenvalue weighted by Gasteiger charge is 2.46. The molecule has 2 saturated heterocycles. The molecule has 1 amide bonds. The molecule has 7 nitrogen and oxygen atoms in total. The monoisotopic (exact) mass is 549 g/mol. The molecule has 0 radical (unpaired) electrons. The number of para-hydroxylation sites is 1. The Kier molecular flexibility index (Phi) is 7.29. The van der Waals surface area contributed by atoms with Gasteiger partial charge in [0.2, 0.25) is 5.91 Å². The van der Waals surface area contributed by atoms with Gasteiger partial charge in [0.15, 0.2) is 0 Å². The van der Waals surface area contributed by atoms with Crippen molar-refractivity contribution in [3.05, 3.63) is 64.3 Å². The number of fused-ring (bicyclic) bond motifs is 3. The van der Waals surface area contributed by atoms with E-state index >= 15 is 0 Å². The molecular formula is C31H36ClN3O4. The van der Waals surface area contributed by atoms with Crippen LogP contribution in [-0.2, 0) is 17.8 Å². The number of likely N-dealkylation sites (tertiary alicyclic amines) is 1. The Morgan fingerprint density at radius 3 is 2.72 bits per heavy atom. The predicted octanol–water partition coefficient (Wildman–Crippen LogP) is 5.90. The largest absolute Gasteiger partial charge is 0.491 e. The second kappa shape index (κ2) is 10.9. The molecule has 3 aromatic rings. The third-order valence-corrected chi connectivity index (χ3v) is 9.36. The van der Waals surface area contributed by atoms with Crippen molar-refractivity contribution in [1.29, 1.82) is 0 Å². The van der Waals surface area contributed by atoms with E-state index in [1.165, 1.54) is 5.56 Å². The van der Waals surface area contributed by atoms with E-state index in [4.69, 9.17) is 16.3 Å². The minimum absolute atomic E-state index is 0.119. The fraction of sp³-hybridized carbons (Fsp3) is 0.484. The summed E-state index contributed by atoms with van der Waals surface area (Å²) in [4.78, 5) is 33.7. The van der Waals surface area contributed by atoms with Crippen molar-refractivity contribution in [3.63, 3.8) is 0 Å². The molecule has 0 aliphatic carbocycles. The number of carboxylic acid groups (broad SMARTS) is 1. The maximum atomic E-state index is 14.2. The molecular weight excluding hydrogens is 514 g/mol. The number of benzene rings is 2. The predicted molar refractivity (Wildman–Crippen MR) is 151 cm³/mol. The van der Waals surface area contributed by atoms with Gasteiger partial charge in [0.25, 0.3) is 0 Å². The number of carbonyl (C=O) groups excluding carboxylic acids is 1. The number of rotatable bonds is 3. The van der Waals surface area contributed by atoms with Crippen LogP contribution in [-0.4, -0.2) is 64.0 Å². The van der Waals surface area contributed by atoms with Crippen molar-refractivity contribution in [2.24, 2.45) is 5.41 Å². The molecule has 3 aliphatic rings. The lowest BCUT2D eigenvalue weighted by atomic mass is 9.72. The van der Waals surface area contributed by atoms with Crippen LogP contribution in [0, 0.1) is 5.41 Å². The lowest BCUT2D eigenvalue weighted by Gasteiger charge is -2.44. The van der Waals surface area contributed by atoms with E-state index in [9.17, 15) is 14.7 Å². The van der Waals surface area contributed by atoms with Crippen LogP contribution >= 0.6 is 11.6 Å². The van der Waals surface area contributed by atoms with Crippen LogP contribution in [0.4, 0.5) is 0 Å². The molecule has 3 aliphatic heterocycles. The number of H-pyrrole nitrogens is 1. The lowest BCUT2D eigenvalue weighted by Crippen LogP contribution is -2.52. The third kappa shape index (κ3) is 5.14. The SMILES string of the molecule is O=C(O)c1[nH]c2ccc(Cl)cc2c1CN1CCC2(CCCCc3ccccc3OC[C@H]3CCCN3C2=O)CC1. The number of aromatic amines is 1. The molecule has 2 N–H and O–H groups in total. The molecule has 4 heterocycles. The summed E-state index contributed by atoms with van der Waals surface area (Å²) in [6.07, 6.45) is 7.47. The molecule has 1 spiro atoms. The first-order chi connectivity index (χ1) is 18.9. The van der Waals surface area contributed by atoms with Gasteiger partial charge in [-0.3, -0.25) is 9.69 Å². The van der Waals surface area contributed by atoms with Gasteiger partial charge in [0.05, 0.1) is 11.5 Å². The van der Waals surface area contributed by atoms with Gasteiger partial charge >= 0.3 is 5.97 Å². The van der Waals surface area contributed by atoms with E-state index in [0.717, 1.165) is 93.2 Å². The molecule has 206 valence electrons. The number of carboxylic acids is 1. The lowest BCUT2D eigenvalue weighted by molar-refractivity contribution is -0.147. The first-order valence-corrected chi connectivity index (χ1v) is 14.6. The Labute approximate surface area is 234 Å². The molecule has 0 saturated carbocycles. The van der Waals surface area contributed by atoms with Crippen molar-refractivity contribution in [2.45, 2.75) is 64.0 Å². The van der Waals surface area contributed by atoms with Crippen molar-refractivity contribution in [1.82, 2.24) is 14.8 Å². The van der Waals surface area contributed by atoms with Gasteiger partial charge in [0, 0.05) is 34.6 Å². The van der Waals surface area contributed by atoms with Crippen LogP contribution in [0.15, 0.2) is 42.5 Å². The number of aromatic nitrogens is 1. The Hall–Kier alpha value is -3.03. The Bertz CT molecular complexity index is 1380. The molecule has 2 aromatic carbocycles. The van der Waals surface area contributed by atoms with Crippen molar-refractivity contribution in [2.75, 3.05) is 26.2 Å². The van der Waals surface area contributed by atoms with Crippen molar-refractivity contribution in [3.8, 4) is 5.75 Å². The number of nitrogens with one attached hydrogen (secondary N) is 1. The van der Waals surface area contributed by atoms with Gasteiger partial charge < -0.3 is 19.7 Å². The number of carbonyl (C=O) groups is 2. The van der Waals surface area contributed by atoms with Crippen LogP contribution in [0.3, 0.4) is 0 Å². The van der Waals surface area contributed by atoms with E-state index in [0.29, 0.717) is 24.1 Å². The molecule has 1 aromatic heterocycles. The fourth-order valence-corrected chi connectivity index (χ4v) is 7.07. The minimum Gasteiger partial charge on any atom is -0.491 e. The maximum absolute atomic E-state index is 14.2. The Morgan fingerprint density at radius 2 is 1.90 bits per heavy atom. The summed E-state index contributed by atoms with van der Waals surface area (Å²) >= 11 is 6.26. The molecule has 0 bridgehead atoms. The number of aromatic carboxylic acids is 1. The number of hydrogen-bond donors (Lipinski definition) is 2. The zero-order valence-corrected chi connectivity index (χ0v) is 23.0. The quantitative estimate of drug-likeness (QED) is 0.425. The van der Waals surface area contributed by atoms with E-state index in [-0.39, 0.29) is 17.2 Å². The summed E-state index contributed by atoms with van der Waals surface area (Å²) in [5, 5.41) is 11.3. The number of piperidine rings is 1. The number of nitrogens with zero attached hydrogens (tertiary/aromatic N) is 2. The summed E-state index contributed by atoms with van der Waals surface area (Å²) in [7, 11) is 0. The summed E-state index contributed by atoms with van der Waals surface area (Å²) < 4.78 is 6.29. The molecule has 8 heteroatoms. The molecule has 0 unspecified atom stereocenters. The minimum atomic E-state index is -0.968. The molecule has 1 atom stereocenters. The molecule has 39 heavy (non-hydrogen) atoms. The first-order valence-electron chi connectivity index (χ1n) is 14.2. The standard InChI is InChI=1S/C31H36ClN3O4/c32-22-10-11-26-24(18-22)25(28(33-26)29(36)37)19-34-16-13-31(14-17-34)12-4-3-7-21-6-1-2-9-27(21)39-20-23-8-5-15-35(23)30(31)38/h1-2,6,9-11,18,23,33H,3-5,7-8,12-17,19-20H2,(H,36,37)/t23-/m1/s1. The van der Waals surface area contributed by atoms with Gasteiger partial charge in [-0.1, -0.05) is 36.2 Å². The van der Waals surface area contributed by atoms with Crippen LogP contribution in [0.5, 0.6) is 5.75 Å². The number of hydrogen-bond acceptors (Lipinski definition) is 4. The summed E-state index contributed by atoms with van der Waals surface area (Å²) in [6, 6.07) is 13.9. The van der Waals surface area contributed by atoms with Crippen LogP contribution in [0.2, 0.25) is 5.02 Å². The second-order valence-corrected chi connectivity index (χ2v) is 11.9. The highest BCUT2D eigenvalue weighted by atomic mass is 35.5. The molecule has 2 fully saturated rings. The third-order valence-electron chi connectivity index (χ3n) is 9.12. The fourth-order valence-electron chi connectivity index (χ4n) is 6.90. The number of ether oxygens (including phenoxy) is 1.